The van der Waals surface area contributed by atoms with E-state index in [0.29, 0.717) is 12.0 Å². The molecule has 0 aliphatic heterocycles. The molecule has 0 amide bonds. The van der Waals surface area contributed by atoms with Crippen molar-refractivity contribution in [3.8, 4) is 0 Å². The van der Waals surface area contributed by atoms with Crippen molar-refractivity contribution < 1.29 is 0 Å². The van der Waals surface area contributed by atoms with Crippen LogP contribution >= 0.6 is 0 Å². The van der Waals surface area contributed by atoms with Crippen molar-refractivity contribution >= 4 is 0 Å². The lowest BCUT2D eigenvalue weighted by Crippen LogP contribution is -2.28. The molecule has 0 bridgehead atoms. The standard InChI is InChI=1S/C13H19N/c1-9(2)12-5-3-4-10-6-7-11(14)8-13(10)12/h3-5,9,11H,6-8,14H2,1-2H3/t11-/m1/s1. The summed E-state index contributed by atoms with van der Waals surface area (Å²) in [4.78, 5) is 0. The van der Waals surface area contributed by atoms with E-state index in [2.05, 4.69) is 32.0 Å². The van der Waals surface area contributed by atoms with E-state index < -0.39 is 0 Å². The molecule has 1 aromatic carbocycles. The van der Waals surface area contributed by atoms with Crippen LogP contribution in [0.15, 0.2) is 18.2 Å². The van der Waals surface area contributed by atoms with Crippen LogP contribution in [0.2, 0.25) is 0 Å². The van der Waals surface area contributed by atoms with Crippen LogP contribution in [0.25, 0.3) is 0 Å². The highest BCUT2D eigenvalue weighted by molar-refractivity contribution is 5.39. The summed E-state index contributed by atoms with van der Waals surface area (Å²) in [7, 11) is 0. The summed E-state index contributed by atoms with van der Waals surface area (Å²) in [5, 5.41) is 0. The number of rotatable bonds is 1. The summed E-state index contributed by atoms with van der Waals surface area (Å²) in [6, 6.07) is 7.07. The minimum Gasteiger partial charge on any atom is -0.327 e. The molecule has 1 nitrogen and oxygen atoms in total. The van der Waals surface area contributed by atoms with Crippen LogP contribution in [-0.4, -0.2) is 6.04 Å². The molecule has 1 heteroatoms. The third-order valence-corrected chi connectivity index (χ3v) is 3.18. The lowest BCUT2D eigenvalue weighted by atomic mass is 9.83. The Morgan fingerprint density at radius 1 is 1.36 bits per heavy atom. The fourth-order valence-electron chi connectivity index (χ4n) is 2.38. The Morgan fingerprint density at radius 2 is 2.14 bits per heavy atom. The third-order valence-electron chi connectivity index (χ3n) is 3.18. The summed E-state index contributed by atoms with van der Waals surface area (Å²) in [5.41, 5.74) is 10.6. The average molecular weight is 189 g/mol. The summed E-state index contributed by atoms with van der Waals surface area (Å²) < 4.78 is 0. The van der Waals surface area contributed by atoms with Crippen LogP contribution < -0.4 is 5.73 Å². The fraction of sp³-hybridized carbons (Fsp3) is 0.538. The molecule has 1 aliphatic rings. The van der Waals surface area contributed by atoms with Gasteiger partial charge >= 0.3 is 0 Å². The highest BCUT2D eigenvalue weighted by Gasteiger charge is 2.18. The first-order valence-electron chi connectivity index (χ1n) is 5.54. The highest BCUT2D eigenvalue weighted by Crippen LogP contribution is 2.28. The molecule has 1 atom stereocenters. The zero-order valence-electron chi connectivity index (χ0n) is 9.09. The van der Waals surface area contributed by atoms with Gasteiger partial charge in [-0.15, -0.1) is 0 Å². The van der Waals surface area contributed by atoms with Crippen molar-refractivity contribution in [3.05, 3.63) is 34.9 Å². The van der Waals surface area contributed by atoms with Gasteiger partial charge in [0.1, 0.15) is 0 Å². The van der Waals surface area contributed by atoms with E-state index in [9.17, 15) is 0 Å². The molecule has 0 spiro atoms. The van der Waals surface area contributed by atoms with Crippen LogP contribution in [0.5, 0.6) is 0 Å². The molecule has 0 heterocycles. The van der Waals surface area contributed by atoms with Crippen LogP contribution in [0.3, 0.4) is 0 Å². The molecule has 1 aliphatic carbocycles. The Labute approximate surface area is 86.3 Å². The van der Waals surface area contributed by atoms with Crippen molar-refractivity contribution in [2.24, 2.45) is 5.73 Å². The molecule has 14 heavy (non-hydrogen) atoms. The van der Waals surface area contributed by atoms with E-state index in [0.717, 1.165) is 19.3 Å². The topological polar surface area (TPSA) is 26.0 Å². The quantitative estimate of drug-likeness (QED) is 0.722. The maximum atomic E-state index is 6.02. The molecule has 0 unspecified atom stereocenters. The van der Waals surface area contributed by atoms with Crippen LogP contribution in [0, 0.1) is 0 Å². The molecule has 1 aromatic rings. The predicted octanol–water partition coefficient (Wildman–Crippen LogP) is 2.63. The van der Waals surface area contributed by atoms with Gasteiger partial charge in [0.15, 0.2) is 0 Å². The van der Waals surface area contributed by atoms with Gasteiger partial charge in [0, 0.05) is 6.04 Å². The highest BCUT2D eigenvalue weighted by atomic mass is 14.6. The second-order valence-corrected chi connectivity index (χ2v) is 4.64. The van der Waals surface area contributed by atoms with Gasteiger partial charge in [0.05, 0.1) is 0 Å². The van der Waals surface area contributed by atoms with Crippen LogP contribution in [0.4, 0.5) is 0 Å². The summed E-state index contributed by atoms with van der Waals surface area (Å²) in [5.74, 6) is 0.621. The van der Waals surface area contributed by atoms with E-state index in [4.69, 9.17) is 5.73 Å². The number of aryl methyl sites for hydroxylation is 1. The Bertz CT molecular complexity index is 328. The fourth-order valence-corrected chi connectivity index (χ4v) is 2.38. The van der Waals surface area contributed by atoms with Crippen molar-refractivity contribution in [2.75, 3.05) is 0 Å². The molecule has 0 fully saturated rings. The van der Waals surface area contributed by atoms with E-state index >= 15 is 0 Å². The maximum Gasteiger partial charge on any atom is 0.00826 e. The second-order valence-electron chi connectivity index (χ2n) is 4.64. The summed E-state index contributed by atoms with van der Waals surface area (Å²) in [6.45, 7) is 4.52. The first-order chi connectivity index (χ1) is 6.68. The molecule has 2 rings (SSSR count). The smallest absolute Gasteiger partial charge is 0.00826 e. The zero-order valence-corrected chi connectivity index (χ0v) is 9.09. The van der Waals surface area contributed by atoms with Gasteiger partial charge in [-0.3, -0.25) is 0 Å². The Hall–Kier alpha value is -0.820. The lowest BCUT2D eigenvalue weighted by molar-refractivity contribution is 0.570. The van der Waals surface area contributed by atoms with E-state index in [-0.39, 0.29) is 0 Å². The number of benzene rings is 1. The first-order valence-corrected chi connectivity index (χ1v) is 5.54. The number of fused-ring (bicyclic) bond motifs is 1. The molecular formula is C13H19N. The second kappa shape index (κ2) is 3.74. The van der Waals surface area contributed by atoms with Crippen LogP contribution in [0.1, 0.15) is 42.9 Å². The monoisotopic (exact) mass is 189 g/mol. The predicted molar refractivity (Wildman–Crippen MR) is 60.5 cm³/mol. The normalized spacial score (nSPS) is 21.0. The van der Waals surface area contributed by atoms with Gasteiger partial charge in [-0.2, -0.15) is 0 Å². The van der Waals surface area contributed by atoms with Gasteiger partial charge in [-0.05, 0) is 41.9 Å². The first kappa shape index (κ1) is 9.72. The van der Waals surface area contributed by atoms with Crippen molar-refractivity contribution in [2.45, 2.75) is 45.1 Å². The minimum atomic E-state index is 0.377. The molecular weight excluding hydrogens is 170 g/mol. The lowest BCUT2D eigenvalue weighted by Gasteiger charge is -2.25. The summed E-state index contributed by atoms with van der Waals surface area (Å²) in [6.07, 6.45) is 3.38. The van der Waals surface area contributed by atoms with Gasteiger partial charge in [-0.25, -0.2) is 0 Å². The number of nitrogens with two attached hydrogens (primary N) is 1. The molecule has 0 saturated carbocycles. The van der Waals surface area contributed by atoms with Crippen molar-refractivity contribution in [3.63, 3.8) is 0 Å². The Kier molecular flexibility index (Phi) is 2.60. The van der Waals surface area contributed by atoms with Crippen molar-refractivity contribution in [1.82, 2.24) is 0 Å². The van der Waals surface area contributed by atoms with E-state index in [1.807, 2.05) is 0 Å². The summed E-state index contributed by atoms with van der Waals surface area (Å²) >= 11 is 0. The number of hydrogen-bond acceptors (Lipinski definition) is 1. The van der Waals surface area contributed by atoms with Crippen LogP contribution in [-0.2, 0) is 12.8 Å². The van der Waals surface area contributed by atoms with E-state index in [1.54, 1.807) is 0 Å². The van der Waals surface area contributed by atoms with Crippen molar-refractivity contribution in [1.29, 1.82) is 0 Å². The molecule has 0 radical (unpaired) electrons. The van der Waals surface area contributed by atoms with Gasteiger partial charge < -0.3 is 5.73 Å². The Balaban J connectivity index is 2.43. The molecule has 76 valence electrons. The molecule has 0 saturated heterocycles. The third kappa shape index (κ3) is 1.69. The largest absolute Gasteiger partial charge is 0.327 e. The van der Waals surface area contributed by atoms with Gasteiger partial charge in [0.2, 0.25) is 0 Å². The Morgan fingerprint density at radius 3 is 2.86 bits per heavy atom. The van der Waals surface area contributed by atoms with E-state index in [1.165, 1.54) is 16.7 Å². The molecule has 0 aromatic heterocycles. The SMILES string of the molecule is CC(C)c1cccc2c1C[C@H](N)CC2. The van der Waals surface area contributed by atoms with Gasteiger partial charge in [-0.1, -0.05) is 32.0 Å². The van der Waals surface area contributed by atoms with Gasteiger partial charge in [0.25, 0.3) is 0 Å². The average Bonchev–Trinajstić information content (AvgIpc) is 2.16. The maximum absolute atomic E-state index is 6.02. The minimum absolute atomic E-state index is 0.377. The number of hydrogen-bond donors (Lipinski definition) is 1. The zero-order chi connectivity index (χ0) is 10.1. The molecule has 2 N–H and O–H groups in total.